The van der Waals surface area contributed by atoms with Gasteiger partial charge in [-0.05, 0) is 48.9 Å². The van der Waals surface area contributed by atoms with E-state index in [9.17, 15) is 4.79 Å². The van der Waals surface area contributed by atoms with Crippen molar-refractivity contribution in [2.75, 3.05) is 25.0 Å². The van der Waals surface area contributed by atoms with Gasteiger partial charge < -0.3 is 10.2 Å². The Morgan fingerprint density at radius 1 is 1.36 bits per heavy atom. The zero-order valence-electron chi connectivity index (χ0n) is 14.5. The van der Waals surface area contributed by atoms with Gasteiger partial charge in [-0.25, -0.2) is 0 Å². The summed E-state index contributed by atoms with van der Waals surface area (Å²) in [6, 6.07) is 9.76. The maximum atomic E-state index is 12.7. The van der Waals surface area contributed by atoms with E-state index in [4.69, 9.17) is 11.6 Å². The molecule has 0 bridgehead atoms. The quantitative estimate of drug-likeness (QED) is 0.869. The Balaban J connectivity index is 1.58. The average molecular weight is 358 g/mol. The molecule has 1 atom stereocenters. The first-order valence-electron chi connectivity index (χ1n) is 8.84. The van der Waals surface area contributed by atoms with Gasteiger partial charge in [-0.3, -0.25) is 9.78 Å². The molecule has 1 aromatic heterocycles. The largest absolute Gasteiger partial charge is 0.383 e. The molecule has 3 rings (SSSR count). The van der Waals surface area contributed by atoms with E-state index in [1.165, 1.54) is 12.0 Å². The van der Waals surface area contributed by atoms with Crippen LogP contribution >= 0.6 is 11.6 Å². The molecular weight excluding hydrogens is 334 g/mol. The van der Waals surface area contributed by atoms with E-state index in [2.05, 4.69) is 23.3 Å². The Bertz CT molecular complexity index is 734. The second-order valence-corrected chi connectivity index (χ2v) is 7.20. The number of aromatic nitrogens is 1. The fraction of sp³-hybridized carbons (Fsp3) is 0.400. The van der Waals surface area contributed by atoms with Crippen molar-refractivity contribution < 1.29 is 4.79 Å². The third-order valence-corrected chi connectivity index (χ3v) is 4.80. The Morgan fingerprint density at radius 2 is 2.24 bits per heavy atom. The predicted octanol–water partition coefficient (Wildman–Crippen LogP) is 4.26. The highest BCUT2D eigenvalue weighted by Gasteiger charge is 2.22. The molecule has 1 aromatic carbocycles. The molecular formula is C20H24ClN3O. The molecule has 2 heterocycles. The van der Waals surface area contributed by atoms with Crippen molar-refractivity contribution in [3.63, 3.8) is 0 Å². The number of benzene rings is 1. The predicted molar refractivity (Wildman–Crippen MR) is 102 cm³/mol. The minimum Gasteiger partial charge on any atom is -0.383 e. The van der Waals surface area contributed by atoms with E-state index in [-0.39, 0.29) is 5.91 Å². The minimum absolute atomic E-state index is 0.0811. The summed E-state index contributed by atoms with van der Waals surface area (Å²) in [6.45, 7) is 4.65. The smallest absolute Gasteiger partial charge is 0.255 e. The van der Waals surface area contributed by atoms with Crippen molar-refractivity contribution in [2.45, 2.75) is 26.2 Å². The van der Waals surface area contributed by atoms with Gasteiger partial charge in [0.1, 0.15) is 0 Å². The molecule has 1 saturated heterocycles. The second kappa shape index (κ2) is 8.34. The van der Waals surface area contributed by atoms with Crippen LogP contribution in [0.25, 0.3) is 0 Å². The van der Waals surface area contributed by atoms with Crippen LogP contribution in [-0.2, 0) is 6.42 Å². The van der Waals surface area contributed by atoms with Crippen molar-refractivity contribution in [1.82, 2.24) is 9.88 Å². The van der Waals surface area contributed by atoms with Gasteiger partial charge in [-0.2, -0.15) is 0 Å². The maximum Gasteiger partial charge on any atom is 0.255 e. The Morgan fingerprint density at radius 3 is 3.04 bits per heavy atom. The minimum atomic E-state index is 0.0811. The lowest BCUT2D eigenvalue weighted by Gasteiger charge is -2.31. The van der Waals surface area contributed by atoms with Crippen LogP contribution in [0.3, 0.4) is 0 Å². The number of nitrogens with zero attached hydrogens (tertiary/aromatic N) is 2. The van der Waals surface area contributed by atoms with Crippen LogP contribution in [0, 0.1) is 5.92 Å². The molecule has 5 heteroatoms. The van der Waals surface area contributed by atoms with Crippen LogP contribution in [-0.4, -0.2) is 35.4 Å². The third-order valence-electron chi connectivity index (χ3n) is 4.56. The molecule has 0 aliphatic carbocycles. The van der Waals surface area contributed by atoms with Crippen LogP contribution < -0.4 is 5.32 Å². The zero-order valence-corrected chi connectivity index (χ0v) is 15.3. The summed E-state index contributed by atoms with van der Waals surface area (Å²) in [5, 5.41) is 4.10. The molecule has 0 spiro atoms. The lowest BCUT2D eigenvalue weighted by molar-refractivity contribution is 0.0682. The number of hydrogen-bond acceptors (Lipinski definition) is 3. The molecule has 4 nitrogen and oxygen atoms in total. The lowest BCUT2D eigenvalue weighted by atomic mass is 10.00. The van der Waals surface area contributed by atoms with E-state index >= 15 is 0 Å². The standard InChI is InChI=1S/C20H24ClN3O/c1-15-4-3-9-24(14-15)20(25)17-11-19(13-22-12-17)23-8-7-16-5-2-6-18(21)10-16/h2,5-6,10-13,15,23H,3-4,7-9,14H2,1H3. The molecule has 1 fully saturated rings. The van der Waals surface area contributed by atoms with E-state index in [0.29, 0.717) is 11.5 Å². The van der Waals surface area contributed by atoms with Crippen molar-refractivity contribution in [3.05, 3.63) is 58.9 Å². The normalized spacial score (nSPS) is 17.4. The maximum absolute atomic E-state index is 12.7. The van der Waals surface area contributed by atoms with Gasteiger partial charge in [0.05, 0.1) is 11.3 Å². The van der Waals surface area contributed by atoms with Gasteiger partial charge in [-0.1, -0.05) is 30.7 Å². The molecule has 1 unspecified atom stereocenters. The van der Waals surface area contributed by atoms with Crippen LogP contribution in [0.2, 0.25) is 5.02 Å². The van der Waals surface area contributed by atoms with E-state index in [1.807, 2.05) is 29.2 Å². The van der Waals surface area contributed by atoms with E-state index in [0.717, 1.165) is 43.2 Å². The molecule has 1 aliphatic rings. The van der Waals surface area contributed by atoms with Crippen LogP contribution in [0.5, 0.6) is 0 Å². The fourth-order valence-electron chi connectivity index (χ4n) is 3.25. The number of piperidine rings is 1. The monoisotopic (exact) mass is 357 g/mol. The van der Waals surface area contributed by atoms with E-state index < -0.39 is 0 Å². The third kappa shape index (κ3) is 4.95. The topological polar surface area (TPSA) is 45.2 Å². The number of pyridine rings is 1. The van der Waals surface area contributed by atoms with Crippen LogP contribution in [0.15, 0.2) is 42.7 Å². The van der Waals surface area contributed by atoms with Crippen LogP contribution in [0.1, 0.15) is 35.7 Å². The first kappa shape index (κ1) is 17.7. The molecule has 0 radical (unpaired) electrons. The fourth-order valence-corrected chi connectivity index (χ4v) is 3.47. The van der Waals surface area contributed by atoms with E-state index in [1.54, 1.807) is 12.4 Å². The van der Waals surface area contributed by atoms with Crippen molar-refractivity contribution in [1.29, 1.82) is 0 Å². The summed E-state index contributed by atoms with van der Waals surface area (Å²) in [7, 11) is 0. The average Bonchev–Trinajstić information content (AvgIpc) is 2.61. The number of hydrogen-bond donors (Lipinski definition) is 1. The molecule has 1 N–H and O–H groups in total. The zero-order chi connectivity index (χ0) is 17.6. The highest BCUT2D eigenvalue weighted by atomic mass is 35.5. The number of nitrogens with one attached hydrogen (secondary N) is 1. The Hall–Kier alpha value is -2.07. The number of carbonyl (C=O) groups is 1. The number of rotatable bonds is 5. The molecule has 1 aliphatic heterocycles. The lowest BCUT2D eigenvalue weighted by Crippen LogP contribution is -2.39. The van der Waals surface area contributed by atoms with Gasteiger partial charge in [0.15, 0.2) is 0 Å². The van der Waals surface area contributed by atoms with Crippen LogP contribution in [0.4, 0.5) is 5.69 Å². The summed E-state index contributed by atoms with van der Waals surface area (Å²) >= 11 is 6.01. The summed E-state index contributed by atoms with van der Waals surface area (Å²) in [6.07, 6.45) is 6.56. The summed E-state index contributed by atoms with van der Waals surface area (Å²) in [4.78, 5) is 18.8. The van der Waals surface area contributed by atoms with Crippen molar-refractivity contribution in [2.24, 2.45) is 5.92 Å². The molecule has 132 valence electrons. The van der Waals surface area contributed by atoms with Gasteiger partial charge in [0.2, 0.25) is 0 Å². The van der Waals surface area contributed by atoms with Gasteiger partial charge in [0.25, 0.3) is 5.91 Å². The number of amides is 1. The van der Waals surface area contributed by atoms with Crippen molar-refractivity contribution in [3.8, 4) is 0 Å². The number of carbonyl (C=O) groups excluding carboxylic acids is 1. The highest BCUT2D eigenvalue weighted by molar-refractivity contribution is 6.30. The molecule has 1 amide bonds. The first-order valence-corrected chi connectivity index (χ1v) is 9.22. The molecule has 25 heavy (non-hydrogen) atoms. The van der Waals surface area contributed by atoms with Crippen molar-refractivity contribution >= 4 is 23.2 Å². The Labute approximate surface area is 154 Å². The summed E-state index contributed by atoms with van der Waals surface area (Å²) in [5.74, 6) is 0.655. The van der Waals surface area contributed by atoms with Gasteiger partial charge in [-0.15, -0.1) is 0 Å². The molecule has 0 saturated carbocycles. The number of anilines is 1. The first-order chi connectivity index (χ1) is 12.1. The summed E-state index contributed by atoms with van der Waals surface area (Å²) in [5.41, 5.74) is 2.71. The SMILES string of the molecule is CC1CCCN(C(=O)c2cncc(NCCc3cccc(Cl)c3)c2)C1. The van der Waals surface area contributed by atoms with Gasteiger partial charge >= 0.3 is 0 Å². The number of likely N-dealkylation sites (tertiary alicyclic amines) is 1. The molecule has 2 aromatic rings. The summed E-state index contributed by atoms with van der Waals surface area (Å²) < 4.78 is 0. The van der Waals surface area contributed by atoms with Gasteiger partial charge in [0, 0.05) is 37.1 Å². The number of halogens is 1. The second-order valence-electron chi connectivity index (χ2n) is 6.77. The Kier molecular flexibility index (Phi) is 5.92. The highest BCUT2D eigenvalue weighted by Crippen LogP contribution is 2.19.